The topological polar surface area (TPSA) is 98.0 Å². The van der Waals surface area contributed by atoms with Gasteiger partial charge in [0.05, 0.1) is 18.8 Å². The summed E-state index contributed by atoms with van der Waals surface area (Å²) in [6, 6.07) is 10.7. The Kier molecular flexibility index (Phi) is 9.99. The Morgan fingerprint density at radius 3 is 1.56 bits per heavy atom. The van der Waals surface area contributed by atoms with E-state index in [4.69, 9.17) is 14.9 Å². The number of benzene rings is 3. The molecule has 0 aliphatic carbocycles. The van der Waals surface area contributed by atoms with Gasteiger partial charge in [-0.25, -0.2) is 0 Å². The van der Waals surface area contributed by atoms with Crippen LogP contribution >= 0.6 is 0 Å². The van der Waals surface area contributed by atoms with Gasteiger partial charge in [0.2, 0.25) is 0 Å². The number of nitrogens with zero attached hydrogens (tertiary/aromatic N) is 1. The van der Waals surface area contributed by atoms with Crippen LogP contribution in [0.2, 0.25) is 0 Å². The van der Waals surface area contributed by atoms with Crippen molar-refractivity contribution in [3.63, 3.8) is 0 Å². The summed E-state index contributed by atoms with van der Waals surface area (Å²) >= 11 is 0. The number of rotatable bonds is 11. The lowest BCUT2D eigenvalue weighted by Gasteiger charge is -2.12. The van der Waals surface area contributed by atoms with Gasteiger partial charge in [-0.1, -0.05) is 5.16 Å². The van der Waals surface area contributed by atoms with E-state index in [0.29, 0.717) is 24.3 Å². The van der Waals surface area contributed by atoms with E-state index in [-0.39, 0.29) is 36.7 Å². The molecule has 7 nitrogen and oxygen atoms in total. The van der Waals surface area contributed by atoms with Crippen LogP contribution < -0.4 is 9.47 Å². The first-order valence-corrected chi connectivity index (χ1v) is 13.2. The number of ether oxygens (including phenoxy) is 2. The maximum absolute atomic E-state index is 13.6. The fraction of sp³-hybridized carbons (Fsp3) is 0.231. The lowest BCUT2D eigenvalue weighted by atomic mass is 10.1. The number of hydrogen-bond donors (Lipinski definition) is 1. The van der Waals surface area contributed by atoms with E-state index >= 15 is 0 Å². The number of oxime groups is 1. The molecule has 0 radical (unpaired) electrons. The van der Waals surface area contributed by atoms with Gasteiger partial charge in [-0.3, -0.25) is 9.69 Å². The predicted octanol–water partition coefficient (Wildman–Crippen LogP) is 7.16. The number of halogens is 9. The van der Waals surface area contributed by atoms with Crippen LogP contribution in [0.15, 0.2) is 82.8 Å². The van der Waals surface area contributed by atoms with Crippen LogP contribution in [0.25, 0.3) is 0 Å². The molecule has 0 fully saturated rings. The minimum Gasteiger partial charge on any atom is -0.493 e. The second-order valence-electron chi connectivity index (χ2n) is 8.46. The van der Waals surface area contributed by atoms with Crippen molar-refractivity contribution in [3.05, 3.63) is 89.5 Å². The summed E-state index contributed by atoms with van der Waals surface area (Å²) in [5.74, 6) is 0.364. The van der Waals surface area contributed by atoms with Crippen LogP contribution in [-0.2, 0) is 20.6 Å². The van der Waals surface area contributed by atoms with E-state index in [1.165, 1.54) is 12.1 Å². The molecule has 3 rings (SSSR count). The Bertz CT molecular complexity index is 1530. The van der Waals surface area contributed by atoms with Crippen molar-refractivity contribution in [1.29, 1.82) is 5.41 Å². The Labute approximate surface area is 238 Å². The molecule has 0 spiro atoms. The van der Waals surface area contributed by atoms with Gasteiger partial charge in [-0.15, -0.1) is 0 Å². The van der Waals surface area contributed by atoms with Crippen LogP contribution in [0, 0.1) is 5.41 Å². The molecule has 0 bridgehead atoms. The lowest BCUT2D eigenvalue weighted by molar-refractivity contribution is -0.137. The van der Waals surface area contributed by atoms with Gasteiger partial charge in [0.25, 0.3) is 0 Å². The van der Waals surface area contributed by atoms with E-state index < -0.39 is 56.1 Å². The third-order valence-electron chi connectivity index (χ3n) is 5.35. The fourth-order valence-electron chi connectivity index (χ4n) is 3.24. The molecule has 0 atom stereocenters. The quantitative estimate of drug-likeness (QED) is 0.104. The Morgan fingerprint density at radius 1 is 0.674 bits per heavy atom. The highest BCUT2D eigenvalue weighted by molar-refractivity contribution is 7.86. The maximum Gasteiger partial charge on any atom is 0.437 e. The molecule has 232 valence electrons. The van der Waals surface area contributed by atoms with Crippen molar-refractivity contribution in [2.45, 2.75) is 29.8 Å². The van der Waals surface area contributed by atoms with Crippen molar-refractivity contribution in [3.8, 4) is 11.5 Å². The largest absolute Gasteiger partial charge is 0.493 e. The summed E-state index contributed by atoms with van der Waals surface area (Å²) in [5, 5.41) is 9.80. The smallest absolute Gasteiger partial charge is 0.437 e. The molecule has 1 N–H and O–H groups in total. The van der Waals surface area contributed by atoms with Crippen LogP contribution in [0.4, 0.5) is 39.5 Å². The van der Waals surface area contributed by atoms with Gasteiger partial charge >= 0.3 is 28.6 Å². The van der Waals surface area contributed by atoms with E-state index in [1.807, 2.05) is 0 Å². The fourth-order valence-corrected chi connectivity index (χ4v) is 3.97. The molecule has 0 amide bonds. The average Bonchev–Trinajstić information content (AvgIpc) is 2.92. The summed E-state index contributed by atoms with van der Waals surface area (Å²) in [6.45, 7) is 0.106. The highest BCUT2D eigenvalue weighted by atomic mass is 32.2. The zero-order valence-corrected chi connectivity index (χ0v) is 22.2. The summed E-state index contributed by atoms with van der Waals surface area (Å²) in [6.07, 6.45) is -14.5. The number of alkyl halides is 9. The molecule has 17 heteroatoms. The standard InChI is InChI=1S/C26H19F9N2O5S/c27-24(28,29)18-6-12-21(13-7-18)43(38,39)42-37-23(26(33,34)35)17-4-10-20(11-5-17)41-15-1-14-40-19-8-2-16(3-9-19)22(36)25(30,31)32/h2-13,36H,1,14-15H2. The minimum absolute atomic E-state index is 0.0326. The van der Waals surface area contributed by atoms with Gasteiger partial charge in [0.1, 0.15) is 22.1 Å². The van der Waals surface area contributed by atoms with Crippen molar-refractivity contribution in [2.75, 3.05) is 13.2 Å². The minimum atomic E-state index is -5.18. The van der Waals surface area contributed by atoms with Gasteiger partial charge in [0.15, 0.2) is 5.71 Å². The molecule has 0 aromatic heterocycles. The summed E-state index contributed by atoms with van der Waals surface area (Å²) in [4.78, 5) is -0.850. The molecular weight excluding hydrogens is 623 g/mol. The molecule has 43 heavy (non-hydrogen) atoms. The van der Waals surface area contributed by atoms with Crippen LogP contribution in [-0.4, -0.2) is 45.4 Å². The summed E-state index contributed by atoms with van der Waals surface area (Å²) in [7, 11) is -4.99. The molecule has 3 aromatic carbocycles. The van der Waals surface area contributed by atoms with Gasteiger partial charge in [-0.2, -0.15) is 47.9 Å². The van der Waals surface area contributed by atoms with E-state index in [0.717, 1.165) is 36.4 Å². The highest BCUT2D eigenvalue weighted by Crippen LogP contribution is 2.30. The first kappa shape index (κ1) is 33.2. The van der Waals surface area contributed by atoms with Crippen molar-refractivity contribution < 1.29 is 61.7 Å². The molecule has 3 aromatic rings. The molecule has 0 aliphatic rings. The summed E-state index contributed by atoms with van der Waals surface area (Å²) < 4.78 is 156. The SMILES string of the molecule is N=C(c1ccc(OCCCOc2ccc(C(=NOS(=O)(=O)c3ccc(C(F)(F)F)cc3)C(F)(F)F)cc2)cc1)C(F)(F)F. The molecular formula is C26H19F9N2O5S. The predicted molar refractivity (Wildman–Crippen MR) is 134 cm³/mol. The third kappa shape index (κ3) is 9.36. The van der Waals surface area contributed by atoms with E-state index in [9.17, 15) is 47.9 Å². The number of nitrogens with one attached hydrogen (secondary N) is 1. The van der Waals surface area contributed by atoms with Crippen LogP contribution in [0.5, 0.6) is 11.5 Å². The lowest BCUT2D eigenvalue weighted by Crippen LogP contribution is -2.25. The number of hydrogen-bond acceptors (Lipinski definition) is 7. The second kappa shape index (κ2) is 12.9. The average molecular weight is 642 g/mol. The second-order valence-corrected chi connectivity index (χ2v) is 9.99. The van der Waals surface area contributed by atoms with Gasteiger partial charge in [0, 0.05) is 17.5 Å². The zero-order valence-electron chi connectivity index (χ0n) is 21.3. The molecule has 0 saturated carbocycles. The van der Waals surface area contributed by atoms with Crippen molar-refractivity contribution in [1.82, 2.24) is 0 Å². The summed E-state index contributed by atoms with van der Waals surface area (Å²) in [5.41, 5.74) is -5.35. The highest BCUT2D eigenvalue weighted by Gasteiger charge is 2.39. The third-order valence-corrected chi connectivity index (χ3v) is 6.47. The Morgan fingerprint density at radius 2 is 1.14 bits per heavy atom. The Balaban J connectivity index is 1.56. The normalized spacial score (nSPS) is 13.0. The maximum atomic E-state index is 13.6. The molecule has 0 heterocycles. The zero-order chi connectivity index (χ0) is 32.1. The van der Waals surface area contributed by atoms with Crippen LogP contribution in [0.3, 0.4) is 0 Å². The van der Waals surface area contributed by atoms with Gasteiger partial charge in [-0.05, 0) is 72.8 Å². The molecule has 0 aliphatic heterocycles. The monoisotopic (exact) mass is 642 g/mol. The molecule has 0 saturated heterocycles. The van der Waals surface area contributed by atoms with E-state index in [1.54, 1.807) is 0 Å². The first-order chi connectivity index (χ1) is 19.9. The Hall–Kier alpha value is -4.28. The van der Waals surface area contributed by atoms with Gasteiger partial charge < -0.3 is 9.47 Å². The van der Waals surface area contributed by atoms with Crippen molar-refractivity contribution >= 4 is 21.5 Å². The molecule has 0 unspecified atom stereocenters. The first-order valence-electron chi connectivity index (χ1n) is 11.8. The van der Waals surface area contributed by atoms with Crippen LogP contribution in [0.1, 0.15) is 23.1 Å². The van der Waals surface area contributed by atoms with E-state index in [2.05, 4.69) is 9.44 Å². The van der Waals surface area contributed by atoms with Crippen molar-refractivity contribution in [2.24, 2.45) is 5.16 Å².